The third kappa shape index (κ3) is 5.36. The number of amides is 2. The molecule has 0 saturated heterocycles. The zero-order chi connectivity index (χ0) is 23.3. The second-order valence-electron chi connectivity index (χ2n) is 6.80. The molecule has 3 aromatic rings. The van der Waals surface area contributed by atoms with E-state index in [1.807, 2.05) is 19.9 Å². The van der Waals surface area contributed by atoms with Crippen LogP contribution in [0.1, 0.15) is 37.8 Å². The largest absolute Gasteiger partial charge is 0.493 e. The van der Waals surface area contributed by atoms with Gasteiger partial charge in [-0.05, 0) is 61.9 Å². The minimum Gasteiger partial charge on any atom is -0.493 e. The van der Waals surface area contributed by atoms with Crippen LogP contribution >= 0.6 is 15.9 Å². The highest BCUT2D eigenvalue weighted by Gasteiger charge is 2.16. The van der Waals surface area contributed by atoms with Crippen molar-refractivity contribution in [2.24, 2.45) is 5.10 Å². The number of carbonyl (C=O) groups is 2. The molecule has 0 aliphatic heterocycles. The Morgan fingerprint density at radius 3 is 2.41 bits per heavy atom. The lowest BCUT2D eigenvalue weighted by Crippen LogP contribution is -2.21. The molecular formula is C23H22BrN3O5. The number of anilines is 1. The molecular weight excluding hydrogens is 478 g/mol. The first-order chi connectivity index (χ1) is 15.3. The number of benzene rings is 2. The van der Waals surface area contributed by atoms with E-state index in [1.165, 1.54) is 20.4 Å². The fraction of sp³-hybridized carbons (Fsp3) is 0.174. The first-order valence-electron chi connectivity index (χ1n) is 9.55. The van der Waals surface area contributed by atoms with Gasteiger partial charge in [0.05, 0.1) is 31.7 Å². The van der Waals surface area contributed by atoms with Crippen LogP contribution in [0.15, 0.2) is 56.5 Å². The summed E-state index contributed by atoms with van der Waals surface area (Å²) >= 11 is 3.35. The maximum Gasteiger partial charge on any atom is 0.273 e. The second kappa shape index (κ2) is 10.1. The molecule has 0 bridgehead atoms. The summed E-state index contributed by atoms with van der Waals surface area (Å²) in [6.45, 7) is 3.77. The molecule has 32 heavy (non-hydrogen) atoms. The van der Waals surface area contributed by atoms with Crippen LogP contribution in [0.3, 0.4) is 0 Å². The van der Waals surface area contributed by atoms with E-state index in [0.717, 1.165) is 11.3 Å². The van der Waals surface area contributed by atoms with Crippen molar-refractivity contribution in [1.82, 2.24) is 5.43 Å². The van der Waals surface area contributed by atoms with Gasteiger partial charge in [0.15, 0.2) is 11.5 Å². The Balaban J connectivity index is 1.78. The highest BCUT2D eigenvalue weighted by molar-refractivity contribution is 9.10. The summed E-state index contributed by atoms with van der Waals surface area (Å²) < 4.78 is 16.6. The number of hydrogen-bond donors (Lipinski definition) is 2. The summed E-state index contributed by atoms with van der Waals surface area (Å²) in [7, 11) is 3.00. The fourth-order valence-electron chi connectivity index (χ4n) is 2.87. The number of nitrogens with one attached hydrogen (secondary N) is 2. The van der Waals surface area contributed by atoms with Gasteiger partial charge in [0.2, 0.25) is 0 Å². The quantitative estimate of drug-likeness (QED) is 0.362. The molecule has 0 unspecified atom stereocenters. The topological polar surface area (TPSA) is 102 Å². The van der Waals surface area contributed by atoms with Crippen molar-refractivity contribution in [1.29, 1.82) is 0 Å². The van der Waals surface area contributed by atoms with Gasteiger partial charge < -0.3 is 19.2 Å². The van der Waals surface area contributed by atoms with Crippen LogP contribution in [0.5, 0.6) is 11.5 Å². The predicted molar refractivity (Wildman–Crippen MR) is 125 cm³/mol. The number of furan rings is 1. The molecule has 1 aromatic heterocycles. The zero-order valence-corrected chi connectivity index (χ0v) is 19.6. The third-order valence-electron chi connectivity index (χ3n) is 4.66. The SMILES string of the molecule is COc1ccc(C(=O)Nc2ccc(Br)cc2C(=O)NN=Cc2cc(C)c(C)o2)cc1OC. The van der Waals surface area contributed by atoms with E-state index in [1.54, 1.807) is 36.4 Å². The van der Waals surface area contributed by atoms with E-state index in [9.17, 15) is 9.59 Å². The van der Waals surface area contributed by atoms with Gasteiger partial charge in [0, 0.05) is 10.0 Å². The number of methoxy groups -OCH3 is 2. The molecule has 1 heterocycles. The van der Waals surface area contributed by atoms with Gasteiger partial charge in [-0.3, -0.25) is 9.59 Å². The summed E-state index contributed by atoms with van der Waals surface area (Å²) in [5, 5.41) is 6.70. The van der Waals surface area contributed by atoms with Gasteiger partial charge >= 0.3 is 0 Å². The lowest BCUT2D eigenvalue weighted by atomic mass is 10.1. The number of aryl methyl sites for hydroxylation is 2. The third-order valence-corrected chi connectivity index (χ3v) is 5.16. The first kappa shape index (κ1) is 23.1. The van der Waals surface area contributed by atoms with Gasteiger partial charge in [-0.1, -0.05) is 15.9 Å². The van der Waals surface area contributed by atoms with Crippen molar-refractivity contribution >= 4 is 39.6 Å². The zero-order valence-electron chi connectivity index (χ0n) is 18.0. The lowest BCUT2D eigenvalue weighted by molar-refractivity contribution is 0.0956. The molecule has 0 atom stereocenters. The number of rotatable bonds is 7. The maximum absolute atomic E-state index is 12.8. The van der Waals surface area contributed by atoms with Crippen LogP contribution in [0.2, 0.25) is 0 Å². The molecule has 166 valence electrons. The average molecular weight is 500 g/mol. The Bertz CT molecular complexity index is 1170. The predicted octanol–water partition coefficient (Wildman–Crippen LogP) is 4.69. The van der Waals surface area contributed by atoms with E-state index in [0.29, 0.717) is 33.0 Å². The molecule has 0 fully saturated rings. The van der Waals surface area contributed by atoms with E-state index < -0.39 is 11.8 Å². The summed E-state index contributed by atoms with van der Waals surface area (Å²) in [4.78, 5) is 25.5. The van der Waals surface area contributed by atoms with Crippen molar-refractivity contribution in [3.05, 3.63) is 75.1 Å². The summed E-state index contributed by atoms with van der Waals surface area (Å²) in [6.07, 6.45) is 1.41. The molecule has 0 spiro atoms. The minimum absolute atomic E-state index is 0.233. The summed E-state index contributed by atoms with van der Waals surface area (Å²) in [6, 6.07) is 11.6. The van der Waals surface area contributed by atoms with Crippen LogP contribution in [-0.4, -0.2) is 32.2 Å². The first-order valence-corrected chi connectivity index (χ1v) is 10.3. The second-order valence-corrected chi connectivity index (χ2v) is 7.72. The highest BCUT2D eigenvalue weighted by Crippen LogP contribution is 2.28. The molecule has 9 heteroatoms. The van der Waals surface area contributed by atoms with Crippen molar-refractivity contribution in [2.45, 2.75) is 13.8 Å². The molecule has 2 aromatic carbocycles. The van der Waals surface area contributed by atoms with E-state index in [-0.39, 0.29) is 5.56 Å². The standard InChI is InChI=1S/C23H22BrN3O5/c1-13-9-17(32-14(13)2)12-25-27-23(29)18-11-16(24)6-7-19(18)26-22(28)15-5-8-20(30-3)21(10-15)31-4/h5-12H,1-4H3,(H,26,28)(H,27,29). The maximum atomic E-state index is 12.8. The number of hydrazone groups is 1. The summed E-state index contributed by atoms with van der Waals surface area (Å²) in [5.41, 5.74) is 4.35. The number of halogens is 1. The molecule has 0 radical (unpaired) electrons. The normalized spacial score (nSPS) is 10.8. The Kier molecular flexibility index (Phi) is 7.32. The van der Waals surface area contributed by atoms with Crippen molar-refractivity contribution in [3.8, 4) is 11.5 Å². The fourth-order valence-corrected chi connectivity index (χ4v) is 3.23. The lowest BCUT2D eigenvalue weighted by Gasteiger charge is -2.12. The van der Waals surface area contributed by atoms with Crippen LogP contribution in [0, 0.1) is 13.8 Å². The van der Waals surface area contributed by atoms with Gasteiger partial charge in [-0.2, -0.15) is 5.10 Å². The monoisotopic (exact) mass is 499 g/mol. The van der Waals surface area contributed by atoms with Crippen LogP contribution in [0.4, 0.5) is 5.69 Å². The molecule has 2 N–H and O–H groups in total. The number of nitrogens with zero attached hydrogens (tertiary/aromatic N) is 1. The smallest absolute Gasteiger partial charge is 0.273 e. The minimum atomic E-state index is -0.495. The molecule has 0 aliphatic carbocycles. The summed E-state index contributed by atoms with van der Waals surface area (Å²) in [5.74, 6) is 1.33. The van der Waals surface area contributed by atoms with Crippen molar-refractivity contribution in [2.75, 3.05) is 19.5 Å². The van der Waals surface area contributed by atoms with Gasteiger partial charge in [-0.15, -0.1) is 0 Å². The Labute approximate surface area is 193 Å². The average Bonchev–Trinajstić information content (AvgIpc) is 3.11. The van der Waals surface area contributed by atoms with E-state index in [4.69, 9.17) is 13.9 Å². The molecule has 0 saturated carbocycles. The van der Waals surface area contributed by atoms with Crippen LogP contribution in [-0.2, 0) is 0 Å². The molecule has 0 aliphatic rings. The molecule has 2 amide bonds. The van der Waals surface area contributed by atoms with Gasteiger partial charge in [0.1, 0.15) is 11.5 Å². The number of hydrogen-bond acceptors (Lipinski definition) is 6. The van der Waals surface area contributed by atoms with Crippen molar-refractivity contribution in [3.63, 3.8) is 0 Å². The highest BCUT2D eigenvalue weighted by atomic mass is 79.9. The van der Waals surface area contributed by atoms with Gasteiger partial charge in [0.25, 0.3) is 11.8 Å². The number of ether oxygens (including phenoxy) is 2. The van der Waals surface area contributed by atoms with Crippen LogP contribution < -0.4 is 20.2 Å². The Morgan fingerprint density at radius 1 is 1.00 bits per heavy atom. The van der Waals surface area contributed by atoms with E-state index >= 15 is 0 Å². The van der Waals surface area contributed by atoms with Gasteiger partial charge in [-0.25, -0.2) is 5.43 Å². The Morgan fingerprint density at radius 2 is 1.75 bits per heavy atom. The van der Waals surface area contributed by atoms with E-state index in [2.05, 4.69) is 31.8 Å². The molecule has 3 rings (SSSR count). The number of carbonyl (C=O) groups excluding carboxylic acids is 2. The van der Waals surface area contributed by atoms with Crippen molar-refractivity contribution < 1.29 is 23.5 Å². The Hall–Kier alpha value is -3.59. The van der Waals surface area contributed by atoms with Crippen LogP contribution in [0.25, 0.3) is 0 Å². The molecule has 8 nitrogen and oxygen atoms in total.